The first-order chi connectivity index (χ1) is 8.61. The van der Waals surface area contributed by atoms with E-state index in [1.807, 2.05) is 0 Å². The molecule has 18 heavy (non-hydrogen) atoms. The van der Waals surface area contributed by atoms with Crippen molar-refractivity contribution < 1.29 is 9.13 Å². The fraction of sp³-hybridized carbons (Fsp3) is 0.167. The average molecular weight is 248 g/mol. The molecule has 0 unspecified atom stereocenters. The number of ether oxygens (including phenoxy) is 1. The third-order valence-electron chi connectivity index (χ3n) is 2.37. The number of imidazole rings is 1. The van der Waals surface area contributed by atoms with E-state index in [2.05, 4.69) is 10.1 Å². The van der Waals surface area contributed by atoms with Crippen molar-refractivity contribution in [3.8, 4) is 5.75 Å². The third-order valence-corrected chi connectivity index (χ3v) is 2.37. The van der Waals surface area contributed by atoms with Crippen molar-refractivity contribution in [2.24, 2.45) is 5.10 Å². The number of benzene rings is 1. The molecule has 0 spiro atoms. The third kappa shape index (κ3) is 2.32. The summed E-state index contributed by atoms with van der Waals surface area (Å²) in [5.74, 6) is -0.0278. The number of anilines is 1. The fourth-order valence-corrected chi connectivity index (χ4v) is 1.51. The quantitative estimate of drug-likeness (QED) is 0.842. The number of nitrogens with two attached hydrogens (primary N) is 1. The first-order valence-corrected chi connectivity index (χ1v) is 5.30. The highest BCUT2D eigenvalue weighted by Gasteiger charge is 2.06. The zero-order valence-electron chi connectivity index (χ0n) is 10.1. The van der Waals surface area contributed by atoms with Gasteiger partial charge < -0.3 is 10.5 Å². The number of hydrogen-bond donors (Lipinski definition) is 1. The van der Waals surface area contributed by atoms with E-state index in [9.17, 15) is 4.39 Å². The second-order valence-electron chi connectivity index (χ2n) is 3.69. The number of nitrogen functional groups attached to an aromatic ring is 1. The maximum Gasteiger partial charge on any atom is 0.221 e. The van der Waals surface area contributed by atoms with Gasteiger partial charge in [-0.1, -0.05) is 12.1 Å². The van der Waals surface area contributed by atoms with E-state index in [0.717, 1.165) is 5.69 Å². The Labute approximate surface area is 104 Å². The summed E-state index contributed by atoms with van der Waals surface area (Å²) in [5, 5.41) is 4.04. The Morgan fingerprint density at radius 3 is 2.89 bits per heavy atom. The van der Waals surface area contributed by atoms with Crippen LogP contribution in [0.5, 0.6) is 5.75 Å². The Morgan fingerprint density at radius 1 is 1.50 bits per heavy atom. The fourth-order valence-electron chi connectivity index (χ4n) is 1.51. The highest BCUT2D eigenvalue weighted by atomic mass is 19.1. The van der Waals surface area contributed by atoms with Gasteiger partial charge in [-0.3, -0.25) is 0 Å². The molecule has 0 aliphatic carbocycles. The molecule has 0 saturated carbocycles. The van der Waals surface area contributed by atoms with Crippen molar-refractivity contribution in [1.82, 2.24) is 9.66 Å². The van der Waals surface area contributed by atoms with Gasteiger partial charge in [-0.2, -0.15) is 5.10 Å². The first kappa shape index (κ1) is 12.1. The number of halogens is 1. The normalized spacial score (nSPS) is 11.1. The highest BCUT2D eigenvalue weighted by Crippen LogP contribution is 2.18. The topological polar surface area (TPSA) is 65.4 Å². The van der Waals surface area contributed by atoms with E-state index >= 15 is 0 Å². The minimum Gasteiger partial charge on any atom is -0.494 e. The molecule has 0 radical (unpaired) electrons. The van der Waals surface area contributed by atoms with Crippen molar-refractivity contribution in [2.75, 3.05) is 12.8 Å². The molecule has 2 rings (SSSR count). The molecular formula is C12H13FN4O. The van der Waals surface area contributed by atoms with Gasteiger partial charge in [0, 0.05) is 5.56 Å². The molecule has 0 saturated heterocycles. The number of hydrogen-bond acceptors (Lipinski definition) is 4. The molecule has 0 fully saturated rings. The summed E-state index contributed by atoms with van der Waals surface area (Å²) in [7, 11) is 1.41. The smallest absolute Gasteiger partial charge is 0.221 e. The van der Waals surface area contributed by atoms with Crippen LogP contribution in [0.15, 0.2) is 29.5 Å². The lowest BCUT2D eigenvalue weighted by molar-refractivity contribution is 0.386. The van der Waals surface area contributed by atoms with Gasteiger partial charge in [0.05, 0.1) is 25.2 Å². The summed E-state index contributed by atoms with van der Waals surface area (Å²) >= 11 is 0. The van der Waals surface area contributed by atoms with Gasteiger partial charge in [0.1, 0.15) is 0 Å². The summed E-state index contributed by atoms with van der Waals surface area (Å²) in [6, 6.07) is 4.83. The summed E-state index contributed by atoms with van der Waals surface area (Å²) in [5.41, 5.74) is 6.68. The molecular weight excluding hydrogens is 235 g/mol. The first-order valence-electron chi connectivity index (χ1n) is 5.30. The number of aromatic nitrogens is 2. The molecule has 6 heteroatoms. The largest absolute Gasteiger partial charge is 0.494 e. The van der Waals surface area contributed by atoms with Gasteiger partial charge in [-0.25, -0.2) is 14.1 Å². The van der Waals surface area contributed by atoms with Crippen molar-refractivity contribution >= 4 is 12.2 Å². The van der Waals surface area contributed by atoms with Crippen LogP contribution in [0.2, 0.25) is 0 Å². The predicted molar refractivity (Wildman–Crippen MR) is 67.3 cm³/mol. The standard InChI is InChI=1S/C12H13FN4O/c1-8-7-17(12(14)16-8)15-6-9-4-3-5-10(18-2)11(9)13/h3-7H,1-2H3,(H2,14,16). The van der Waals surface area contributed by atoms with Gasteiger partial charge in [0.2, 0.25) is 5.95 Å². The molecule has 1 aromatic carbocycles. The van der Waals surface area contributed by atoms with Crippen LogP contribution in [-0.2, 0) is 0 Å². The minimum atomic E-state index is -0.459. The van der Waals surface area contributed by atoms with E-state index in [4.69, 9.17) is 10.5 Å². The molecule has 0 atom stereocenters. The highest BCUT2D eigenvalue weighted by molar-refractivity contribution is 5.80. The van der Waals surface area contributed by atoms with Crippen LogP contribution < -0.4 is 10.5 Å². The summed E-state index contributed by atoms with van der Waals surface area (Å²) < 4.78 is 20.1. The predicted octanol–water partition coefficient (Wildman–Crippen LogP) is 1.80. The molecule has 2 aromatic rings. The SMILES string of the molecule is COc1cccc(C=Nn2cc(C)nc2N)c1F. The van der Waals surface area contributed by atoms with Crippen LogP contribution in [0.4, 0.5) is 10.3 Å². The van der Waals surface area contributed by atoms with Gasteiger partial charge in [0.25, 0.3) is 0 Å². The molecule has 0 aliphatic heterocycles. The van der Waals surface area contributed by atoms with Crippen molar-refractivity contribution in [1.29, 1.82) is 0 Å². The summed E-state index contributed by atoms with van der Waals surface area (Å²) in [6.45, 7) is 1.80. The van der Waals surface area contributed by atoms with Crippen molar-refractivity contribution in [3.05, 3.63) is 41.5 Å². The van der Waals surface area contributed by atoms with Crippen LogP contribution in [0.3, 0.4) is 0 Å². The summed E-state index contributed by atoms with van der Waals surface area (Å²) in [4.78, 5) is 3.99. The number of methoxy groups -OCH3 is 1. The Bertz CT molecular complexity index is 592. The van der Waals surface area contributed by atoms with Crippen molar-refractivity contribution in [2.45, 2.75) is 6.92 Å². The molecule has 1 aromatic heterocycles. The minimum absolute atomic E-state index is 0.175. The molecule has 0 aliphatic rings. The monoisotopic (exact) mass is 248 g/mol. The molecule has 5 nitrogen and oxygen atoms in total. The van der Waals surface area contributed by atoms with E-state index in [-0.39, 0.29) is 11.7 Å². The number of rotatable bonds is 3. The van der Waals surface area contributed by atoms with E-state index in [0.29, 0.717) is 5.56 Å². The lowest BCUT2D eigenvalue weighted by atomic mass is 10.2. The van der Waals surface area contributed by atoms with E-state index < -0.39 is 5.82 Å². The molecule has 1 heterocycles. The number of aryl methyl sites for hydroxylation is 1. The molecule has 0 bridgehead atoms. The van der Waals surface area contributed by atoms with Crippen LogP contribution in [-0.4, -0.2) is 23.0 Å². The van der Waals surface area contributed by atoms with E-state index in [1.54, 1.807) is 31.3 Å². The zero-order chi connectivity index (χ0) is 13.1. The second-order valence-corrected chi connectivity index (χ2v) is 3.69. The molecule has 94 valence electrons. The van der Waals surface area contributed by atoms with Gasteiger partial charge in [-0.15, -0.1) is 0 Å². The summed E-state index contributed by atoms with van der Waals surface area (Å²) in [6.07, 6.45) is 3.03. The molecule has 0 amide bonds. The molecule has 2 N–H and O–H groups in total. The van der Waals surface area contributed by atoms with Crippen LogP contribution in [0.25, 0.3) is 0 Å². The van der Waals surface area contributed by atoms with Crippen LogP contribution >= 0.6 is 0 Å². The van der Waals surface area contributed by atoms with Gasteiger partial charge >= 0.3 is 0 Å². The Balaban J connectivity index is 2.32. The van der Waals surface area contributed by atoms with Crippen molar-refractivity contribution in [3.63, 3.8) is 0 Å². The van der Waals surface area contributed by atoms with Gasteiger partial charge in [0.15, 0.2) is 11.6 Å². The Morgan fingerprint density at radius 2 is 2.28 bits per heavy atom. The van der Waals surface area contributed by atoms with Crippen LogP contribution in [0.1, 0.15) is 11.3 Å². The Hall–Kier alpha value is -2.37. The Kier molecular flexibility index (Phi) is 3.27. The maximum atomic E-state index is 13.8. The zero-order valence-corrected chi connectivity index (χ0v) is 10.1. The average Bonchev–Trinajstić information content (AvgIpc) is 2.66. The second kappa shape index (κ2) is 4.87. The lowest BCUT2D eigenvalue weighted by Crippen LogP contribution is -1.98. The van der Waals surface area contributed by atoms with Crippen LogP contribution in [0, 0.1) is 12.7 Å². The van der Waals surface area contributed by atoms with Gasteiger partial charge in [-0.05, 0) is 13.0 Å². The lowest BCUT2D eigenvalue weighted by Gasteiger charge is -2.03. The maximum absolute atomic E-state index is 13.8. The van der Waals surface area contributed by atoms with E-state index in [1.165, 1.54) is 18.0 Å². The number of nitrogens with zero attached hydrogens (tertiary/aromatic N) is 3.